The third-order valence-corrected chi connectivity index (χ3v) is 4.48. The Bertz CT molecular complexity index is 286. The molecule has 15 heavy (non-hydrogen) atoms. The highest BCUT2D eigenvalue weighted by Crippen LogP contribution is 2.34. The SMILES string of the molecule is CCC(CC(CN)CO)c1ccc(Br)s1. The van der Waals surface area contributed by atoms with Gasteiger partial charge in [0.1, 0.15) is 0 Å². The third kappa shape index (κ3) is 3.87. The zero-order chi connectivity index (χ0) is 11.3. The molecule has 0 spiro atoms. The molecule has 0 saturated carbocycles. The monoisotopic (exact) mass is 291 g/mol. The Morgan fingerprint density at radius 1 is 1.53 bits per heavy atom. The Hall–Kier alpha value is 0.1000. The van der Waals surface area contributed by atoms with Gasteiger partial charge in [0, 0.05) is 11.5 Å². The van der Waals surface area contributed by atoms with Crippen molar-refractivity contribution in [1.29, 1.82) is 0 Å². The first-order valence-electron chi connectivity index (χ1n) is 5.27. The maximum Gasteiger partial charge on any atom is 0.0701 e. The van der Waals surface area contributed by atoms with Crippen LogP contribution in [0.5, 0.6) is 0 Å². The van der Waals surface area contributed by atoms with E-state index in [0.717, 1.165) is 12.8 Å². The van der Waals surface area contributed by atoms with Gasteiger partial charge < -0.3 is 10.8 Å². The molecule has 0 aromatic carbocycles. The predicted molar refractivity (Wildman–Crippen MR) is 69.3 cm³/mol. The van der Waals surface area contributed by atoms with Crippen LogP contribution in [0.3, 0.4) is 0 Å². The van der Waals surface area contributed by atoms with Crippen molar-refractivity contribution < 1.29 is 5.11 Å². The smallest absolute Gasteiger partial charge is 0.0701 e. The van der Waals surface area contributed by atoms with Gasteiger partial charge in [0.05, 0.1) is 3.79 Å². The highest BCUT2D eigenvalue weighted by molar-refractivity contribution is 9.11. The van der Waals surface area contributed by atoms with Crippen molar-refractivity contribution in [3.05, 3.63) is 20.8 Å². The van der Waals surface area contributed by atoms with Crippen LogP contribution < -0.4 is 5.73 Å². The molecule has 0 saturated heterocycles. The zero-order valence-electron chi connectivity index (χ0n) is 8.95. The van der Waals surface area contributed by atoms with Crippen molar-refractivity contribution in [2.24, 2.45) is 11.7 Å². The van der Waals surface area contributed by atoms with Crippen LogP contribution in [0, 0.1) is 5.92 Å². The van der Waals surface area contributed by atoms with E-state index in [1.165, 1.54) is 8.66 Å². The van der Waals surface area contributed by atoms with E-state index >= 15 is 0 Å². The highest BCUT2D eigenvalue weighted by atomic mass is 79.9. The zero-order valence-corrected chi connectivity index (χ0v) is 11.4. The van der Waals surface area contributed by atoms with Crippen molar-refractivity contribution in [3.63, 3.8) is 0 Å². The standard InChI is InChI=1S/C11H18BrNOS/c1-2-9(5-8(6-13)7-14)10-3-4-11(12)15-10/h3-4,8-9,14H,2,5-7,13H2,1H3. The van der Waals surface area contributed by atoms with Crippen molar-refractivity contribution >= 4 is 27.3 Å². The van der Waals surface area contributed by atoms with E-state index in [1.807, 2.05) is 0 Å². The summed E-state index contributed by atoms with van der Waals surface area (Å²) in [6.07, 6.45) is 2.08. The third-order valence-electron chi connectivity index (χ3n) is 2.70. The Labute approximate surface area is 104 Å². The van der Waals surface area contributed by atoms with Gasteiger partial charge in [0.15, 0.2) is 0 Å². The van der Waals surface area contributed by atoms with Crippen molar-refractivity contribution in [2.45, 2.75) is 25.7 Å². The fraction of sp³-hybridized carbons (Fsp3) is 0.636. The molecule has 0 aliphatic rings. The predicted octanol–water partition coefficient (Wildman–Crippen LogP) is 2.96. The summed E-state index contributed by atoms with van der Waals surface area (Å²) in [6.45, 7) is 2.95. The quantitative estimate of drug-likeness (QED) is 0.846. The highest BCUT2D eigenvalue weighted by Gasteiger charge is 2.16. The lowest BCUT2D eigenvalue weighted by molar-refractivity contribution is 0.215. The van der Waals surface area contributed by atoms with E-state index in [9.17, 15) is 0 Å². The van der Waals surface area contributed by atoms with Crippen LogP contribution >= 0.6 is 27.3 Å². The molecule has 0 radical (unpaired) electrons. The van der Waals surface area contributed by atoms with Crippen LogP contribution in [-0.2, 0) is 0 Å². The van der Waals surface area contributed by atoms with Crippen molar-refractivity contribution in [2.75, 3.05) is 13.2 Å². The number of thiophene rings is 1. The lowest BCUT2D eigenvalue weighted by Crippen LogP contribution is -2.20. The molecule has 2 unspecified atom stereocenters. The average molecular weight is 292 g/mol. The molecule has 0 aliphatic carbocycles. The Morgan fingerprint density at radius 3 is 2.67 bits per heavy atom. The summed E-state index contributed by atoms with van der Waals surface area (Å²) >= 11 is 5.25. The molecule has 1 aromatic heterocycles. The number of nitrogens with two attached hydrogens (primary N) is 1. The van der Waals surface area contributed by atoms with Gasteiger partial charge in [-0.25, -0.2) is 0 Å². The van der Waals surface area contributed by atoms with E-state index < -0.39 is 0 Å². The maximum absolute atomic E-state index is 9.14. The van der Waals surface area contributed by atoms with E-state index in [-0.39, 0.29) is 12.5 Å². The summed E-state index contributed by atoms with van der Waals surface area (Å²) in [6, 6.07) is 4.24. The van der Waals surface area contributed by atoms with Gasteiger partial charge in [0.2, 0.25) is 0 Å². The fourth-order valence-corrected chi connectivity index (χ4v) is 3.30. The summed E-state index contributed by atoms with van der Waals surface area (Å²) < 4.78 is 1.17. The number of halogens is 1. The molecule has 0 aliphatic heterocycles. The molecule has 0 amide bonds. The van der Waals surface area contributed by atoms with Crippen molar-refractivity contribution in [3.8, 4) is 0 Å². The second-order valence-electron chi connectivity index (χ2n) is 3.77. The van der Waals surface area contributed by atoms with Crippen LogP contribution in [-0.4, -0.2) is 18.3 Å². The Kier molecular flexibility index (Phi) is 5.82. The summed E-state index contributed by atoms with van der Waals surface area (Å²) in [5.74, 6) is 0.762. The summed E-state index contributed by atoms with van der Waals surface area (Å²) in [7, 11) is 0. The number of hydrogen-bond acceptors (Lipinski definition) is 3. The van der Waals surface area contributed by atoms with Gasteiger partial charge in [-0.3, -0.25) is 0 Å². The largest absolute Gasteiger partial charge is 0.396 e. The van der Waals surface area contributed by atoms with Gasteiger partial charge in [0.25, 0.3) is 0 Å². The number of aliphatic hydroxyl groups excluding tert-OH is 1. The summed E-state index contributed by atoms with van der Waals surface area (Å²) in [5, 5.41) is 9.14. The maximum atomic E-state index is 9.14. The molecule has 4 heteroatoms. The molecule has 1 heterocycles. The second kappa shape index (κ2) is 6.63. The number of hydrogen-bond donors (Lipinski definition) is 2. The van der Waals surface area contributed by atoms with Gasteiger partial charge in [-0.15, -0.1) is 11.3 Å². The number of aliphatic hydroxyl groups is 1. The minimum absolute atomic E-state index is 0.194. The van der Waals surface area contributed by atoms with Gasteiger partial charge in [-0.2, -0.15) is 0 Å². The number of rotatable bonds is 6. The molecule has 2 nitrogen and oxygen atoms in total. The summed E-state index contributed by atoms with van der Waals surface area (Å²) in [5.41, 5.74) is 5.60. The fourth-order valence-electron chi connectivity index (χ4n) is 1.68. The van der Waals surface area contributed by atoms with Crippen LogP contribution in [0.1, 0.15) is 30.6 Å². The van der Waals surface area contributed by atoms with Crippen molar-refractivity contribution in [1.82, 2.24) is 0 Å². The Morgan fingerprint density at radius 2 is 2.27 bits per heavy atom. The molecular weight excluding hydrogens is 274 g/mol. The average Bonchev–Trinajstić information content (AvgIpc) is 2.67. The van der Waals surface area contributed by atoms with E-state index in [2.05, 4.69) is 35.0 Å². The van der Waals surface area contributed by atoms with E-state index in [1.54, 1.807) is 11.3 Å². The lowest BCUT2D eigenvalue weighted by atomic mass is 9.92. The molecule has 1 rings (SSSR count). The van der Waals surface area contributed by atoms with Crippen LogP contribution in [0.15, 0.2) is 15.9 Å². The lowest BCUT2D eigenvalue weighted by Gasteiger charge is -2.18. The molecule has 86 valence electrons. The molecule has 0 bridgehead atoms. The van der Waals surface area contributed by atoms with Gasteiger partial charge >= 0.3 is 0 Å². The topological polar surface area (TPSA) is 46.2 Å². The van der Waals surface area contributed by atoms with Crippen LogP contribution in [0.4, 0.5) is 0 Å². The minimum Gasteiger partial charge on any atom is -0.396 e. The molecule has 0 fully saturated rings. The normalized spacial score (nSPS) is 15.2. The summed E-state index contributed by atoms with van der Waals surface area (Å²) in [4.78, 5) is 1.39. The van der Waals surface area contributed by atoms with E-state index in [4.69, 9.17) is 10.8 Å². The minimum atomic E-state index is 0.194. The molecular formula is C11H18BrNOS. The van der Waals surface area contributed by atoms with Crippen LogP contribution in [0.25, 0.3) is 0 Å². The first-order valence-corrected chi connectivity index (χ1v) is 6.88. The first-order chi connectivity index (χ1) is 7.21. The second-order valence-corrected chi connectivity index (χ2v) is 6.26. The van der Waals surface area contributed by atoms with Gasteiger partial charge in [-0.1, -0.05) is 6.92 Å². The molecule has 2 atom stereocenters. The van der Waals surface area contributed by atoms with Gasteiger partial charge in [-0.05, 0) is 59.3 Å². The molecule has 3 N–H and O–H groups in total. The van der Waals surface area contributed by atoms with Crippen LogP contribution in [0.2, 0.25) is 0 Å². The van der Waals surface area contributed by atoms with E-state index in [0.29, 0.717) is 12.5 Å². The molecule has 1 aromatic rings. The first kappa shape index (κ1) is 13.2. The Balaban J connectivity index is 2.63.